The van der Waals surface area contributed by atoms with E-state index >= 15 is 0 Å². The standard InChI is InChI=1S/C15H21NO3S/c1-11(2)14(12-6-4-3-5-7-12)15(19)16-8-9-20-10-13(17)18/h3-7,11,14H,8-10H2,1-2H3,(H,16,19)(H,17,18). The van der Waals surface area contributed by atoms with Crippen LogP contribution in [0.4, 0.5) is 0 Å². The Hall–Kier alpha value is -1.49. The molecule has 2 N–H and O–H groups in total. The molecule has 0 radical (unpaired) electrons. The zero-order valence-electron chi connectivity index (χ0n) is 11.8. The number of benzene rings is 1. The molecule has 1 amide bonds. The van der Waals surface area contributed by atoms with Gasteiger partial charge in [-0.3, -0.25) is 9.59 Å². The minimum absolute atomic E-state index is 0.00197. The molecule has 0 saturated carbocycles. The van der Waals surface area contributed by atoms with Crippen molar-refractivity contribution in [2.24, 2.45) is 5.92 Å². The van der Waals surface area contributed by atoms with Gasteiger partial charge in [0, 0.05) is 12.3 Å². The number of hydrogen-bond donors (Lipinski definition) is 2. The Kier molecular flexibility index (Phi) is 7.15. The van der Waals surface area contributed by atoms with Crippen LogP contribution in [-0.4, -0.2) is 35.0 Å². The fourth-order valence-electron chi connectivity index (χ4n) is 2.02. The van der Waals surface area contributed by atoms with Gasteiger partial charge in [-0.05, 0) is 11.5 Å². The number of hydrogen-bond acceptors (Lipinski definition) is 3. The molecular formula is C15H21NO3S. The molecule has 0 aromatic heterocycles. The molecule has 1 unspecified atom stereocenters. The molecule has 1 atom stereocenters. The average molecular weight is 295 g/mol. The highest BCUT2D eigenvalue weighted by Crippen LogP contribution is 2.24. The van der Waals surface area contributed by atoms with Gasteiger partial charge in [0.15, 0.2) is 0 Å². The summed E-state index contributed by atoms with van der Waals surface area (Å²) in [6.45, 7) is 4.54. The molecule has 0 bridgehead atoms. The normalized spacial score (nSPS) is 12.2. The third-order valence-corrected chi connectivity index (χ3v) is 3.82. The fourth-order valence-corrected chi connectivity index (χ4v) is 2.58. The maximum Gasteiger partial charge on any atom is 0.313 e. The largest absolute Gasteiger partial charge is 0.481 e. The summed E-state index contributed by atoms with van der Waals surface area (Å²) in [6, 6.07) is 9.72. The second-order valence-electron chi connectivity index (χ2n) is 4.87. The quantitative estimate of drug-likeness (QED) is 0.723. The number of amides is 1. The van der Waals surface area contributed by atoms with Crippen LogP contribution < -0.4 is 5.32 Å². The minimum Gasteiger partial charge on any atom is -0.481 e. The molecule has 1 aromatic rings. The minimum atomic E-state index is -0.828. The summed E-state index contributed by atoms with van der Waals surface area (Å²) >= 11 is 1.30. The monoisotopic (exact) mass is 295 g/mol. The number of carbonyl (C=O) groups excluding carboxylic acids is 1. The van der Waals surface area contributed by atoms with E-state index in [0.717, 1.165) is 5.56 Å². The Bertz CT molecular complexity index is 434. The SMILES string of the molecule is CC(C)C(C(=O)NCCSCC(=O)O)c1ccccc1. The van der Waals surface area contributed by atoms with Crippen LogP contribution in [-0.2, 0) is 9.59 Å². The van der Waals surface area contributed by atoms with Gasteiger partial charge in [-0.2, -0.15) is 0 Å². The maximum atomic E-state index is 12.2. The van der Waals surface area contributed by atoms with Crippen molar-refractivity contribution in [3.05, 3.63) is 35.9 Å². The summed E-state index contributed by atoms with van der Waals surface area (Å²) in [7, 11) is 0. The van der Waals surface area contributed by atoms with Gasteiger partial charge in [0.1, 0.15) is 0 Å². The Labute approximate surface area is 124 Å². The molecule has 0 aliphatic rings. The highest BCUT2D eigenvalue weighted by Gasteiger charge is 2.23. The topological polar surface area (TPSA) is 66.4 Å². The van der Waals surface area contributed by atoms with E-state index in [1.807, 2.05) is 44.2 Å². The van der Waals surface area contributed by atoms with E-state index in [9.17, 15) is 9.59 Å². The van der Waals surface area contributed by atoms with Gasteiger partial charge < -0.3 is 10.4 Å². The molecule has 4 nitrogen and oxygen atoms in total. The van der Waals surface area contributed by atoms with Crippen LogP contribution in [0.3, 0.4) is 0 Å². The van der Waals surface area contributed by atoms with Crippen molar-refractivity contribution in [2.45, 2.75) is 19.8 Å². The molecule has 0 heterocycles. The molecule has 0 saturated heterocycles. The highest BCUT2D eigenvalue weighted by molar-refractivity contribution is 7.99. The van der Waals surface area contributed by atoms with Gasteiger partial charge in [0.25, 0.3) is 0 Å². The predicted octanol–water partition coefficient (Wildman–Crippen LogP) is 2.36. The molecule has 0 aliphatic heterocycles. The third-order valence-electron chi connectivity index (χ3n) is 2.88. The summed E-state index contributed by atoms with van der Waals surface area (Å²) in [6.07, 6.45) is 0. The number of rotatable bonds is 8. The lowest BCUT2D eigenvalue weighted by Crippen LogP contribution is -2.33. The van der Waals surface area contributed by atoms with Crippen molar-refractivity contribution in [3.8, 4) is 0 Å². The van der Waals surface area contributed by atoms with E-state index in [4.69, 9.17) is 5.11 Å². The van der Waals surface area contributed by atoms with Crippen molar-refractivity contribution in [1.82, 2.24) is 5.32 Å². The molecule has 1 aromatic carbocycles. The second kappa shape index (κ2) is 8.64. The molecule has 1 rings (SSSR count). The molecular weight excluding hydrogens is 274 g/mol. The Balaban J connectivity index is 2.48. The lowest BCUT2D eigenvalue weighted by atomic mass is 9.88. The Morgan fingerprint density at radius 2 is 1.90 bits per heavy atom. The summed E-state index contributed by atoms with van der Waals surface area (Å²) in [5, 5.41) is 11.4. The van der Waals surface area contributed by atoms with Gasteiger partial charge in [0.2, 0.25) is 5.91 Å². The Morgan fingerprint density at radius 1 is 1.25 bits per heavy atom. The van der Waals surface area contributed by atoms with Gasteiger partial charge >= 0.3 is 5.97 Å². The van der Waals surface area contributed by atoms with Gasteiger partial charge in [-0.15, -0.1) is 11.8 Å². The average Bonchev–Trinajstić information content (AvgIpc) is 2.39. The number of carboxylic acids is 1. The van der Waals surface area contributed by atoms with E-state index < -0.39 is 5.97 Å². The van der Waals surface area contributed by atoms with Crippen LogP contribution in [0.2, 0.25) is 0 Å². The third kappa shape index (κ3) is 5.65. The van der Waals surface area contributed by atoms with E-state index in [-0.39, 0.29) is 23.5 Å². The zero-order valence-corrected chi connectivity index (χ0v) is 12.7. The van der Waals surface area contributed by atoms with Crippen molar-refractivity contribution >= 4 is 23.6 Å². The second-order valence-corrected chi connectivity index (χ2v) is 5.97. The van der Waals surface area contributed by atoms with Crippen molar-refractivity contribution < 1.29 is 14.7 Å². The molecule has 0 spiro atoms. The van der Waals surface area contributed by atoms with Crippen LogP contribution in [0.1, 0.15) is 25.3 Å². The van der Waals surface area contributed by atoms with Crippen LogP contribution in [0.5, 0.6) is 0 Å². The first kappa shape index (κ1) is 16.6. The van der Waals surface area contributed by atoms with E-state index in [2.05, 4.69) is 5.32 Å². The number of thioether (sulfide) groups is 1. The van der Waals surface area contributed by atoms with Crippen molar-refractivity contribution in [2.75, 3.05) is 18.1 Å². The first-order valence-corrected chi connectivity index (χ1v) is 7.80. The van der Waals surface area contributed by atoms with Gasteiger partial charge in [0.05, 0.1) is 11.7 Å². The molecule has 0 aliphatic carbocycles. The molecule has 110 valence electrons. The van der Waals surface area contributed by atoms with Crippen molar-refractivity contribution in [3.63, 3.8) is 0 Å². The summed E-state index contributed by atoms with van der Waals surface area (Å²) in [5.74, 6) is -0.0997. The van der Waals surface area contributed by atoms with Gasteiger partial charge in [-0.25, -0.2) is 0 Å². The lowest BCUT2D eigenvalue weighted by molar-refractivity contribution is -0.133. The highest BCUT2D eigenvalue weighted by atomic mass is 32.2. The number of nitrogens with one attached hydrogen (secondary N) is 1. The van der Waals surface area contributed by atoms with Crippen molar-refractivity contribution in [1.29, 1.82) is 0 Å². The van der Waals surface area contributed by atoms with E-state index in [1.165, 1.54) is 11.8 Å². The fraction of sp³-hybridized carbons (Fsp3) is 0.467. The maximum absolute atomic E-state index is 12.2. The van der Waals surface area contributed by atoms with Crippen LogP contribution in [0, 0.1) is 5.92 Å². The Morgan fingerprint density at radius 3 is 2.45 bits per heavy atom. The smallest absolute Gasteiger partial charge is 0.313 e. The van der Waals surface area contributed by atoms with Crippen LogP contribution in [0.25, 0.3) is 0 Å². The first-order valence-electron chi connectivity index (χ1n) is 6.64. The van der Waals surface area contributed by atoms with E-state index in [0.29, 0.717) is 12.3 Å². The number of carboxylic acid groups (broad SMARTS) is 1. The van der Waals surface area contributed by atoms with Gasteiger partial charge in [-0.1, -0.05) is 44.2 Å². The van der Waals surface area contributed by atoms with Crippen LogP contribution in [0.15, 0.2) is 30.3 Å². The first-order chi connectivity index (χ1) is 9.52. The summed E-state index contributed by atoms with van der Waals surface area (Å²) in [5.41, 5.74) is 1.01. The van der Waals surface area contributed by atoms with Crippen LogP contribution >= 0.6 is 11.8 Å². The summed E-state index contributed by atoms with van der Waals surface area (Å²) in [4.78, 5) is 22.6. The van der Waals surface area contributed by atoms with E-state index in [1.54, 1.807) is 0 Å². The number of carbonyl (C=O) groups is 2. The summed E-state index contributed by atoms with van der Waals surface area (Å²) < 4.78 is 0. The molecule has 20 heavy (non-hydrogen) atoms. The lowest BCUT2D eigenvalue weighted by Gasteiger charge is -2.20. The molecule has 5 heteroatoms. The molecule has 0 fully saturated rings. The predicted molar refractivity (Wildman–Crippen MR) is 82.0 cm³/mol. The number of aliphatic carboxylic acids is 1. The zero-order chi connectivity index (χ0) is 15.0.